The summed E-state index contributed by atoms with van der Waals surface area (Å²) in [4.78, 5) is 0.182. The van der Waals surface area contributed by atoms with Crippen molar-refractivity contribution < 1.29 is 8.42 Å². The van der Waals surface area contributed by atoms with Gasteiger partial charge in [-0.25, -0.2) is 0 Å². The highest BCUT2D eigenvalue weighted by Gasteiger charge is 2.12. The Labute approximate surface area is 108 Å². The number of benzene rings is 1. The Hall–Kier alpha value is -1.88. The van der Waals surface area contributed by atoms with Gasteiger partial charge in [0.2, 0.25) is 0 Å². The lowest BCUT2D eigenvalue weighted by molar-refractivity contribution is 0.598. The van der Waals surface area contributed by atoms with E-state index >= 15 is 0 Å². The highest BCUT2D eigenvalue weighted by Crippen LogP contribution is 2.12. The van der Waals surface area contributed by atoms with E-state index in [-0.39, 0.29) is 4.90 Å². The monoisotopic (exact) mass is 264 g/mol. The molecule has 18 heavy (non-hydrogen) atoms. The Kier molecular flexibility index (Phi) is 4.85. The average molecular weight is 264 g/mol. The maximum atomic E-state index is 11.9. The van der Waals surface area contributed by atoms with E-state index in [1.165, 1.54) is 0 Å². The molecule has 0 fully saturated rings. The molecular formula is C13H16N2O2S. The largest absolute Gasteiger partial charge is 0.350 e. The van der Waals surface area contributed by atoms with Gasteiger partial charge in [0.1, 0.15) is 5.84 Å². The van der Waals surface area contributed by atoms with Gasteiger partial charge in [-0.2, -0.15) is 8.42 Å². The van der Waals surface area contributed by atoms with Crippen molar-refractivity contribution in [3.63, 3.8) is 0 Å². The molecule has 1 N–H and O–H groups in total. The molecule has 0 atom stereocenters. The Balaban J connectivity index is 2.93. The lowest BCUT2D eigenvalue weighted by atomic mass is 10.2. The maximum absolute atomic E-state index is 11.9. The second kappa shape index (κ2) is 6.16. The number of nitrogens with zero attached hydrogens (tertiary/aromatic N) is 1. The van der Waals surface area contributed by atoms with E-state index in [1.807, 2.05) is 6.92 Å². The van der Waals surface area contributed by atoms with Crippen LogP contribution in [0.1, 0.15) is 12.5 Å². The number of allylic oxidation sites excluding steroid dienone is 2. The van der Waals surface area contributed by atoms with Gasteiger partial charge in [-0.15, -0.1) is 4.40 Å². The summed E-state index contributed by atoms with van der Waals surface area (Å²) in [5.74, 6) is 0.300. The van der Waals surface area contributed by atoms with Crippen molar-refractivity contribution in [1.82, 2.24) is 5.32 Å². The molecular weight excluding hydrogens is 248 g/mol. The normalized spacial score (nSPS) is 12.7. The first-order valence-corrected chi connectivity index (χ1v) is 6.82. The Morgan fingerprint density at radius 2 is 1.94 bits per heavy atom. The first kappa shape index (κ1) is 14.2. The van der Waals surface area contributed by atoms with Gasteiger partial charge in [0.25, 0.3) is 10.0 Å². The van der Waals surface area contributed by atoms with Gasteiger partial charge < -0.3 is 5.32 Å². The van der Waals surface area contributed by atoms with Crippen LogP contribution in [0.15, 0.2) is 58.5 Å². The SMILES string of the molecule is C=C/C=C\NC(C)=NS(=O)(=O)c1ccc(C)cc1. The second-order valence-electron chi connectivity index (χ2n) is 3.70. The highest BCUT2D eigenvalue weighted by molar-refractivity contribution is 7.90. The Bertz CT molecular complexity index is 570. The fourth-order valence-electron chi connectivity index (χ4n) is 1.21. The maximum Gasteiger partial charge on any atom is 0.283 e. The molecule has 0 aliphatic rings. The van der Waals surface area contributed by atoms with Gasteiger partial charge in [-0.05, 0) is 32.1 Å². The number of hydrogen-bond acceptors (Lipinski definition) is 2. The molecule has 0 amide bonds. The van der Waals surface area contributed by atoms with Crippen LogP contribution in [0.4, 0.5) is 0 Å². The number of hydrogen-bond donors (Lipinski definition) is 1. The summed E-state index contributed by atoms with van der Waals surface area (Å²) in [6.45, 7) is 6.98. The van der Waals surface area contributed by atoms with E-state index in [4.69, 9.17) is 0 Å². The molecule has 1 rings (SSSR count). The zero-order valence-electron chi connectivity index (χ0n) is 10.4. The van der Waals surface area contributed by atoms with E-state index in [1.54, 1.807) is 49.5 Å². The van der Waals surface area contributed by atoms with Crippen molar-refractivity contribution in [2.24, 2.45) is 4.40 Å². The van der Waals surface area contributed by atoms with Crippen LogP contribution in [0.5, 0.6) is 0 Å². The van der Waals surface area contributed by atoms with Crippen LogP contribution in [0.3, 0.4) is 0 Å². The number of rotatable bonds is 4. The molecule has 0 aromatic heterocycles. The summed E-state index contributed by atoms with van der Waals surface area (Å²) in [5, 5.41) is 2.74. The van der Waals surface area contributed by atoms with E-state index in [2.05, 4.69) is 16.3 Å². The number of nitrogens with one attached hydrogen (secondary N) is 1. The van der Waals surface area contributed by atoms with Crippen molar-refractivity contribution in [2.75, 3.05) is 0 Å². The third kappa shape index (κ3) is 4.18. The molecule has 0 aliphatic heterocycles. The molecule has 0 radical (unpaired) electrons. The van der Waals surface area contributed by atoms with E-state index in [9.17, 15) is 8.42 Å². The summed E-state index contributed by atoms with van der Waals surface area (Å²) in [7, 11) is -3.65. The fourth-order valence-corrected chi connectivity index (χ4v) is 2.20. The molecule has 0 bridgehead atoms. The number of aryl methyl sites for hydroxylation is 1. The zero-order chi connectivity index (χ0) is 13.6. The van der Waals surface area contributed by atoms with Crippen LogP contribution in [0.2, 0.25) is 0 Å². The fraction of sp³-hybridized carbons (Fsp3) is 0.154. The van der Waals surface area contributed by atoms with E-state index in [0.717, 1.165) is 5.56 Å². The zero-order valence-corrected chi connectivity index (χ0v) is 11.2. The van der Waals surface area contributed by atoms with Crippen molar-refractivity contribution in [1.29, 1.82) is 0 Å². The quantitative estimate of drug-likeness (QED) is 0.516. The van der Waals surface area contributed by atoms with Crippen molar-refractivity contribution in [3.8, 4) is 0 Å². The Morgan fingerprint density at radius 3 is 2.50 bits per heavy atom. The molecule has 0 aliphatic carbocycles. The van der Waals surface area contributed by atoms with Crippen LogP contribution >= 0.6 is 0 Å². The molecule has 0 heterocycles. The van der Waals surface area contributed by atoms with Crippen LogP contribution in [-0.4, -0.2) is 14.3 Å². The first-order valence-electron chi connectivity index (χ1n) is 5.38. The third-order valence-electron chi connectivity index (χ3n) is 2.10. The average Bonchev–Trinajstić information content (AvgIpc) is 2.29. The molecule has 0 saturated heterocycles. The summed E-state index contributed by atoms with van der Waals surface area (Å²) < 4.78 is 27.5. The van der Waals surface area contributed by atoms with Crippen LogP contribution in [0.25, 0.3) is 0 Å². The minimum absolute atomic E-state index is 0.182. The molecule has 1 aromatic carbocycles. The lowest BCUT2D eigenvalue weighted by Crippen LogP contribution is -2.15. The van der Waals surface area contributed by atoms with Gasteiger partial charge >= 0.3 is 0 Å². The topological polar surface area (TPSA) is 58.5 Å². The molecule has 1 aromatic rings. The van der Waals surface area contributed by atoms with Crippen molar-refractivity contribution >= 4 is 15.9 Å². The molecule has 96 valence electrons. The summed E-state index contributed by atoms with van der Waals surface area (Å²) >= 11 is 0. The van der Waals surface area contributed by atoms with Crippen LogP contribution < -0.4 is 5.32 Å². The number of amidine groups is 1. The second-order valence-corrected chi connectivity index (χ2v) is 5.31. The van der Waals surface area contributed by atoms with Gasteiger partial charge in [-0.1, -0.05) is 30.4 Å². The lowest BCUT2D eigenvalue weighted by Gasteiger charge is -2.02. The summed E-state index contributed by atoms with van der Waals surface area (Å²) in [5.41, 5.74) is 1.00. The van der Waals surface area contributed by atoms with E-state index < -0.39 is 10.0 Å². The Morgan fingerprint density at radius 1 is 1.33 bits per heavy atom. The van der Waals surface area contributed by atoms with Crippen molar-refractivity contribution in [3.05, 3.63) is 54.8 Å². The smallest absolute Gasteiger partial charge is 0.283 e. The van der Waals surface area contributed by atoms with E-state index in [0.29, 0.717) is 5.84 Å². The molecule has 0 unspecified atom stereocenters. The number of sulfonamides is 1. The minimum atomic E-state index is -3.65. The minimum Gasteiger partial charge on any atom is -0.350 e. The predicted octanol–water partition coefficient (Wildman–Crippen LogP) is 2.39. The highest BCUT2D eigenvalue weighted by atomic mass is 32.2. The van der Waals surface area contributed by atoms with Crippen LogP contribution in [0, 0.1) is 6.92 Å². The van der Waals surface area contributed by atoms with Gasteiger partial charge in [0.15, 0.2) is 0 Å². The molecule has 0 spiro atoms. The standard InChI is InChI=1S/C13H16N2O2S/c1-4-5-10-14-12(3)15-18(16,17)13-8-6-11(2)7-9-13/h4-10H,1H2,2-3H3,(H,14,15)/b10-5-. The molecule has 4 nitrogen and oxygen atoms in total. The van der Waals surface area contributed by atoms with Crippen molar-refractivity contribution in [2.45, 2.75) is 18.7 Å². The summed E-state index contributed by atoms with van der Waals surface area (Å²) in [6.07, 6.45) is 4.79. The predicted molar refractivity (Wildman–Crippen MR) is 73.9 cm³/mol. The van der Waals surface area contributed by atoms with Gasteiger partial charge in [-0.3, -0.25) is 0 Å². The molecule has 0 saturated carbocycles. The molecule has 5 heteroatoms. The van der Waals surface area contributed by atoms with Gasteiger partial charge in [0.05, 0.1) is 4.90 Å². The van der Waals surface area contributed by atoms with Crippen LogP contribution in [-0.2, 0) is 10.0 Å². The third-order valence-corrected chi connectivity index (χ3v) is 3.48. The van der Waals surface area contributed by atoms with Gasteiger partial charge in [0, 0.05) is 6.20 Å². The first-order chi connectivity index (χ1) is 8.45. The summed E-state index contributed by atoms with van der Waals surface area (Å²) in [6, 6.07) is 6.56.